The van der Waals surface area contributed by atoms with Crippen LogP contribution in [0.25, 0.3) is 0 Å². The summed E-state index contributed by atoms with van der Waals surface area (Å²) in [7, 11) is 0. The molecule has 0 spiro atoms. The van der Waals surface area contributed by atoms with E-state index >= 15 is 0 Å². The monoisotopic (exact) mass is 321 g/mol. The molecule has 0 saturated heterocycles. The predicted octanol–water partition coefficient (Wildman–Crippen LogP) is 3.14. The van der Waals surface area contributed by atoms with Crippen LogP contribution in [0.3, 0.4) is 0 Å². The number of anilines is 2. The molecule has 0 atom stereocenters. The Labute approximate surface area is 119 Å². The zero-order valence-corrected chi connectivity index (χ0v) is 11.7. The molecule has 1 aromatic heterocycles. The first kappa shape index (κ1) is 12.2. The summed E-state index contributed by atoms with van der Waals surface area (Å²) in [6.07, 6.45) is 2.39. The number of benzene rings is 1. The fraction of sp³-hybridized carbons (Fsp3) is 0.231. The second kappa shape index (κ2) is 5.44. The summed E-state index contributed by atoms with van der Waals surface area (Å²) in [5.74, 6) is 2.26. The fourth-order valence-corrected chi connectivity index (χ4v) is 2.10. The number of nitrogens with zero attached hydrogens (tertiary/aromatic N) is 2. The summed E-state index contributed by atoms with van der Waals surface area (Å²) in [6, 6.07) is 7.56. The second-order valence-corrected chi connectivity index (χ2v) is 4.88. The summed E-state index contributed by atoms with van der Waals surface area (Å²) >= 11 is 3.31. The van der Waals surface area contributed by atoms with Crippen molar-refractivity contribution in [1.29, 1.82) is 0 Å². The summed E-state index contributed by atoms with van der Waals surface area (Å²) < 4.78 is 12.0. The predicted molar refractivity (Wildman–Crippen MR) is 75.1 cm³/mol. The molecular formula is C13H12BrN3O2. The minimum atomic E-state index is 0.676. The van der Waals surface area contributed by atoms with Crippen LogP contribution in [-0.2, 0) is 0 Å². The Balaban J connectivity index is 1.84. The maximum atomic E-state index is 5.64. The van der Waals surface area contributed by atoms with Crippen LogP contribution < -0.4 is 14.8 Å². The molecule has 2 aromatic rings. The van der Waals surface area contributed by atoms with Gasteiger partial charge >= 0.3 is 0 Å². The number of halogens is 1. The maximum absolute atomic E-state index is 5.64. The van der Waals surface area contributed by atoms with Crippen molar-refractivity contribution in [2.75, 3.05) is 18.5 Å². The molecule has 19 heavy (non-hydrogen) atoms. The van der Waals surface area contributed by atoms with Gasteiger partial charge in [0.2, 0.25) is 0 Å². The third-order valence-corrected chi connectivity index (χ3v) is 3.09. The van der Waals surface area contributed by atoms with Gasteiger partial charge in [0, 0.05) is 24.2 Å². The molecule has 0 radical (unpaired) electrons. The van der Waals surface area contributed by atoms with Gasteiger partial charge in [-0.3, -0.25) is 0 Å². The van der Waals surface area contributed by atoms with Crippen molar-refractivity contribution in [3.8, 4) is 11.5 Å². The molecule has 1 aromatic carbocycles. The Morgan fingerprint density at radius 1 is 1.05 bits per heavy atom. The average Bonchev–Trinajstić information content (AvgIpc) is 2.63. The van der Waals surface area contributed by atoms with Gasteiger partial charge < -0.3 is 14.8 Å². The highest BCUT2D eigenvalue weighted by molar-refractivity contribution is 9.10. The molecule has 0 fully saturated rings. The summed E-state index contributed by atoms with van der Waals surface area (Å²) in [5, 5.41) is 3.20. The van der Waals surface area contributed by atoms with E-state index < -0.39 is 0 Å². The topological polar surface area (TPSA) is 56.3 Å². The van der Waals surface area contributed by atoms with E-state index in [-0.39, 0.29) is 0 Å². The van der Waals surface area contributed by atoms with Gasteiger partial charge in [-0.05, 0) is 28.1 Å². The number of hydrogen-bond acceptors (Lipinski definition) is 5. The molecular weight excluding hydrogens is 310 g/mol. The second-order valence-electron chi connectivity index (χ2n) is 4.06. The normalized spacial score (nSPS) is 13.7. The number of fused-ring (bicyclic) bond motifs is 1. The largest absolute Gasteiger partial charge is 0.490 e. The molecule has 0 aliphatic carbocycles. The molecule has 1 N–H and O–H groups in total. The SMILES string of the molecule is Brc1cc(Nc2ccc3c(c2)OCCCO3)ncn1. The molecule has 0 amide bonds. The number of nitrogens with one attached hydrogen (secondary N) is 1. The lowest BCUT2D eigenvalue weighted by Crippen LogP contribution is -1.97. The van der Waals surface area contributed by atoms with Crippen LogP contribution in [0, 0.1) is 0 Å². The minimum absolute atomic E-state index is 0.676. The van der Waals surface area contributed by atoms with Gasteiger partial charge in [-0.25, -0.2) is 9.97 Å². The molecule has 3 rings (SSSR count). The summed E-state index contributed by atoms with van der Waals surface area (Å²) in [5.41, 5.74) is 0.898. The van der Waals surface area contributed by atoms with Crippen LogP contribution in [0.1, 0.15) is 6.42 Å². The van der Waals surface area contributed by atoms with Crippen LogP contribution in [0.5, 0.6) is 11.5 Å². The van der Waals surface area contributed by atoms with Crippen molar-refractivity contribution in [1.82, 2.24) is 9.97 Å². The lowest BCUT2D eigenvalue weighted by atomic mass is 10.2. The van der Waals surface area contributed by atoms with Gasteiger partial charge in [-0.15, -0.1) is 0 Å². The Morgan fingerprint density at radius 2 is 1.89 bits per heavy atom. The van der Waals surface area contributed by atoms with Gasteiger partial charge in [0.1, 0.15) is 16.7 Å². The van der Waals surface area contributed by atoms with E-state index in [0.29, 0.717) is 13.2 Å². The number of ether oxygens (including phenoxy) is 2. The zero-order chi connectivity index (χ0) is 13.1. The third kappa shape index (κ3) is 2.96. The average molecular weight is 322 g/mol. The maximum Gasteiger partial charge on any atom is 0.163 e. The smallest absolute Gasteiger partial charge is 0.163 e. The highest BCUT2D eigenvalue weighted by atomic mass is 79.9. The highest BCUT2D eigenvalue weighted by Crippen LogP contribution is 2.33. The van der Waals surface area contributed by atoms with Crippen LogP contribution >= 0.6 is 15.9 Å². The first-order chi connectivity index (χ1) is 9.31. The zero-order valence-electron chi connectivity index (χ0n) is 10.1. The van der Waals surface area contributed by atoms with Crippen LogP contribution in [0.4, 0.5) is 11.5 Å². The number of aromatic nitrogens is 2. The van der Waals surface area contributed by atoms with Crippen molar-refractivity contribution in [3.63, 3.8) is 0 Å². The van der Waals surface area contributed by atoms with E-state index in [2.05, 4.69) is 31.2 Å². The van der Waals surface area contributed by atoms with Crippen LogP contribution in [0.15, 0.2) is 35.2 Å². The van der Waals surface area contributed by atoms with Gasteiger partial charge in [0.25, 0.3) is 0 Å². The molecule has 0 bridgehead atoms. The van der Waals surface area contributed by atoms with Gasteiger partial charge in [-0.1, -0.05) is 0 Å². The van der Waals surface area contributed by atoms with Crippen molar-refractivity contribution in [2.24, 2.45) is 0 Å². The lowest BCUT2D eigenvalue weighted by molar-refractivity contribution is 0.297. The first-order valence-electron chi connectivity index (χ1n) is 5.95. The Bertz CT molecular complexity index is 592. The van der Waals surface area contributed by atoms with Crippen LogP contribution in [0.2, 0.25) is 0 Å². The molecule has 5 nitrogen and oxygen atoms in total. The molecule has 2 heterocycles. The quantitative estimate of drug-likeness (QED) is 0.861. The van der Waals surface area contributed by atoms with Gasteiger partial charge in [0.05, 0.1) is 13.2 Å². The Morgan fingerprint density at radius 3 is 2.74 bits per heavy atom. The lowest BCUT2D eigenvalue weighted by Gasteiger charge is -2.10. The molecule has 6 heteroatoms. The Hall–Kier alpha value is -1.82. The third-order valence-electron chi connectivity index (χ3n) is 2.65. The van der Waals surface area contributed by atoms with Gasteiger partial charge in [-0.2, -0.15) is 0 Å². The van der Waals surface area contributed by atoms with E-state index in [9.17, 15) is 0 Å². The van der Waals surface area contributed by atoms with Crippen molar-refractivity contribution in [2.45, 2.75) is 6.42 Å². The summed E-state index contributed by atoms with van der Waals surface area (Å²) in [6.45, 7) is 1.37. The van der Waals surface area contributed by atoms with Crippen LogP contribution in [-0.4, -0.2) is 23.2 Å². The first-order valence-corrected chi connectivity index (χ1v) is 6.75. The summed E-state index contributed by atoms with van der Waals surface area (Å²) in [4.78, 5) is 8.13. The van der Waals surface area contributed by atoms with E-state index in [0.717, 1.165) is 34.0 Å². The van der Waals surface area contributed by atoms with Crippen molar-refractivity contribution >= 4 is 27.4 Å². The van der Waals surface area contributed by atoms with E-state index in [1.54, 1.807) is 0 Å². The van der Waals surface area contributed by atoms with E-state index in [1.807, 2.05) is 24.3 Å². The van der Waals surface area contributed by atoms with Crippen molar-refractivity contribution < 1.29 is 9.47 Å². The molecule has 1 aliphatic heterocycles. The van der Waals surface area contributed by atoms with E-state index in [4.69, 9.17) is 9.47 Å². The highest BCUT2D eigenvalue weighted by Gasteiger charge is 2.10. The molecule has 1 aliphatic rings. The Kier molecular flexibility index (Phi) is 3.50. The minimum Gasteiger partial charge on any atom is -0.490 e. The van der Waals surface area contributed by atoms with Crippen molar-refractivity contribution in [3.05, 3.63) is 35.2 Å². The standard InChI is InChI=1S/C13H12BrN3O2/c14-12-7-13(16-8-15-12)17-9-2-3-10-11(6-9)19-5-1-4-18-10/h2-3,6-8H,1,4-5H2,(H,15,16,17). The molecule has 0 unspecified atom stereocenters. The van der Waals surface area contributed by atoms with Gasteiger partial charge in [0.15, 0.2) is 11.5 Å². The molecule has 98 valence electrons. The number of hydrogen-bond donors (Lipinski definition) is 1. The number of rotatable bonds is 2. The molecule has 0 saturated carbocycles. The van der Waals surface area contributed by atoms with E-state index in [1.165, 1.54) is 6.33 Å². The fourth-order valence-electron chi connectivity index (χ4n) is 1.79.